The first-order valence-corrected chi connectivity index (χ1v) is 7.12. The van der Waals surface area contributed by atoms with Crippen LogP contribution in [0.4, 0.5) is 5.82 Å². The molecule has 0 bridgehead atoms. The first kappa shape index (κ1) is 14.3. The number of hydrogen-bond acceptors (Lipinski definition) is 4. The second-order valence-electron chi connectivity index (χ2n) is 5.73. The van der Waals surface area contributed by atoms with Crippen LogP contribution in [-0.2, 0) is 0 Å². The van der Waals surface area contributed by atoms with Crippen molar-refractivity contribution >= 4 is 11.5 Å². The van der Waals surface area contributed by atoms with Crippen LogP contribution in [0.2, 0.25) is 0 Å². The molecule has 0 aliphatic carbocycles. The van der Waals surface area contributed by atoms with Crippen LogP contribution >= 0.6 is 0 Å². The van der Waals surface area contributed by atoms with Crippen molar-refractivity contribution in [2.45, 2.75) is 20.8 Å². The Morgan fingerprint density at radius 3 is 2.50 bits per heavy atom. The minimum absolute atomic E-state index is 0.109. The lowest BCUT2D eigenvalue weighted by Crippen LogP contribution is -2.14. The fourth-order valence-electron chi connectivity index (χ4n) is 2.73. The van der Waals surface area contributed by atoms with Crippen LogP contribution in [0.5, 0.6) is 0 Å². The lowest BCUT2D eigenvalue weighted by atomic mass is 10.0. The van der Waals surface area contributed by atoms with Gasteiger partial charge in [0.2, 0.25) is 0 Å². The van der Waals surface area contributed by atoms with Gasteiger partial charge in [0.25, 0.3) is 5.56 Å². The summed E-state index contributed by atoms with van der Waals surface area (Å²) in [6.45, 7) is 5.85. The van der Waals surface area contributed by atoms with Crippen LogP contribution < -0.4 is 10.5 Å². The molecular weight excluding hydrogens is 278 g/mol. The first-order chi connectivity index (χ1) is 10.4. The maximum absolute atomic E-state index is 12.0. The van der Waals surface area contributed by atoms with E-state index in [1.807, 2.05) is 45.1 Å². The van der Waals surface area contributed by atoms with E-state index in [0.717, 1.165) is 28.2 Å². The molecule has 3 aromatic rings. The fraction of sp³-hybridized carbons (Fsp3) is 0.312. The number of hydrogen-bond donors (Lipinski definition) is 1. The van der Waals surface area contributed by atoms with Crippen LogP contribution in [0.1, 0.15) is 17.0 Å². The third-order valence-electron chi connectivity index (χ3n) is 3.74. The summed E-state index contributed by atoms with van der Waals surface area (Å²) in [5.74, 6) is 0.917. The smallest absolute Gasteiger partial charge is 0.272 e. The lowest BCUT2D eigenvalue weighted by Gasteiger charge is -2.16. The van der Waals surface area contributed by atoms with Gasteiger partial charge in [-0.25, -0.2) is 14.5 Å². The highest BCUT2D eigenvalue weighted by Crippen LogP contribution is 2.30. The monoisotopic (exact) mass is 297 g/mol. The molecule has 0 amide bonds. The van der Waals surface area contributed by atoms with E-state index in [1.54, 1.807) is 0 Å². The van der Waals surface area contributed by atoms with Crippen molar-refractivity contribution in [2.75, 3.05) is 19.0 Å². The van der Waals surface area contributed by atoms with E-state index in [9.17, 15) is 4.79 Å². The van der Waals surface area contributed by atoms with Crippen molar-refractivity contribution in [3.8, 4) is 11.1 Å². The van der Waals surface area contributed by atoms with Gasteiger partial charge in [-0.05, 0) is 32.4 Å². The standard InChI is InChI=1S/C16H19N5O/c1-9-6-13(20(4)5)19-11(3)15(9)12-8-17-21-14(22)7-10(2)18-16(12)21/h6-8,17H,1-5H3. The molecule has 3 aromatic heterocycles. The van der Waals surface area contributed by atoms with Gasteiger partial charge in [0.15, 0.2) is 5.65 Å². The quantitative estimate of drug-likeness (QED) is 0.786. The first-order valence-electron chi connectivity index (χ1n) is 7.12. The Morgan fingerprint density at radius 2 is 1.86 bits per heavy atom. The molecule has 3 heterocycles. The predicted octanol–water partition coefficient (Wildman–Crippen LogP) is 2.08. The van der Waals surface area contributed by atoms with Crippen LogP contribution in [0.15, 0.2) is 23.1 Å². The summed E-state index contributed by atoms with van der Waals surface area (Å²) < 4.78 is 1.46. The summed E-state index contributed by atoms with van der Waals surface area (Å²) in [4.78, 5) is 23.1. The van der Waals surface area contributed by atoms with Crippen LogP contribution in [-0.4, -0.2) is 33.7 Å². The average Bonchev–Trinajstić information content (AvgIpc) is 2.82. The summed E-state index contributed by atoms with van der Waals surface area (Å²) in [5, 5.41) is 2.98. The summed E-state index contributed by atoms with van der Waals surface area (Å²) in [6.07, 6.45) is 1.82. The minimum Gasteiger partial charge on any atom is -0.363 e. The number of fused-ring (bicyclic) bond motifs is 1. The average molecular weight is 297 g/mol. The lowest BCUT2D eigenvalue weighted by molar-refractivity contribution is 0.890. The van der Waals surface area contributed by atoms with E-state index in [0.29, 0.717) is 11.3 Å². The van der Waals surface area contributed by atoms with Crippen molar-refractivity contribution in [1.82, 2.24) is 19.6 Å². The molecule has 6 nitrogen and oxygen atoms in total. The molecule has 0 atom stereocenters. The van der Waals surface area contributed by atoms with Gasteiger partial charge in [-0.3, -0.25) is 9.89 Å². The SMILES string of the molecule is Cc1cc(=O)n2[nH]cc(-c3c(C)cc(N(C)C)nc3C)c2n1. The molecule has 3 rings (SSSR count). The van der Waals surface area contributed by atoms with E-state index >= 15 is 0 Å². The Morgan fingerprint density at radius 1 is 1.14 bits per heavy atom. The number of nitrogens with zero attached hydrogens (tertiary/aromatic N) is 4. The fourth-order valence-corrected chi connectivity index (χ4v) is 2.73. The maximum atomic E-state index is 12.0. The highest BCUT2D eigenvalue weighted by atomic mass is 16.1. The molecule has 6 heteroatoms. The van der Waals surface area contributed by atoms with E-state index < -0.39 is 0 Å². The van der Waals surface area contributed by atoms with Gasteiger partial charge in [-0.2, -0.15) is 0 Å². The summed E-state index contributed by atoms with van der Waals surface area (Å²) in [7, 11) is 3.94. The molecule has 0 aliphatic heterocycles. The van der Waals surface area contributed by atoms with Crippen molar-refractivity contribution in [3.63, 3.8) is 0 Å². The van der Waals surface area contributed by atoms with Gasteiger partial charge >= 0.3 is 0 Å². The zero-order valence-electron chi connectivity index (χ0n) is 13.4. The maximum Gasteiger partial charge on any atom is 0.272 e. The van der Waals surface area contributed by atoms with Gasteiger partial charge < -0.3 is 4.90 Å². The Labute approximate surface area is 128 Å². The number of aryl methyl sites for hydroxylation is 3. The zero-order chi connectivity index (χ0) is 16.0. The van der Waals surface area contributed by atoms with Gasteiger partial charge in [-0.15, -0.1) is 0 Å². The van der Waals surface area contributed by atoms with Crippen LogP contribution in [0.3, 0.4) is 0 Å². The van der Waals surface area contributed by atoms with Gasteiger partial charge in [-0.1, -0.05) is 0 Å². The Balaban J connectivity index is 2.31. The molecule has 0 fully saturated rings. The molecule has 0 aromatic carbocycles. The molecule has 1 N–H and O–H groups in total. The van der Waals surface area contributed by atoms with Crippen molar-refractivity contribution in [2.24, 2.45) is 0 Å². The number of nitrogens with one attached hydrogen (secondary N) is 1. The number of aromatic amines is 1. The van der Waals surface area contributed by atoms with Crippen molar-refractivity contribution in [1.29, 1.82) is 0 Å². The molecule has 0 saturated heterocycles. The molecule has 0 radical (unpaired) electrons. The Hall–Kier alpha value is -2.63. The minimum atomic E-state index is -0.109. The summed E-state index contributed by atoms with van der Waals surface area (Å²) >= 11 is 0. The van der Waals surface area contributed by atoms with Gasteiger partial charge in [0, 0.05) is 48.9 Å². The Kier molecular flexibility index (Phi) is 3.24. The highest BCUT2D eigenvalue weighted by Gasteiger charge is 2.16. The second kappa shape index (κ2) is 4.98. The summed E-state index contributed by atoms with van der Waals surface area (Å²) in [6, 6.07) is 3.56. The van der Waals surface area contributed by atoms with E-state index in [-0.39, 0.29) is 5.56 Å². The topological polar surface area (TPSA) is 66.3 Å². The number of pyridine rings is 1. The van der Waals surface area contributed by atoms with E-state index in [4.69, 9.17) is 0 Å². The zero-order valence-corrected chi connectivity index (χ0v) is 13.4. The van der Waals surface area contributed by atoms with Gasteiger partial charge in [0.05, 0.1) is 0 Å². The molecule has 22 heavy (non-hydrogen) atoms. The number of anilines is 1. The number of aromatic nitrogens is 4. The predicted molar refractivity (Wildman–Crippen MR) is 87.6 cm³/mol. The summed E-state index contributed by atoms with van der Waals surface area (Å²) in [5.41, 5.74) is 5.17. The van der Waals surface area contributed by atoms with Crippen LogP contribution in [0.25, 0.3) is 16.8 Å². The largest absolute Gasteiger partial charge is 0.363 e. The number of H-pyrrole nitrogens is 1. The third-order valence-corrected chi connectivity index (χ3v) is 3.74. The normalized spacial score (nSPS) is 11.1. The van der Waals surface area contributed by atoms with Crippen LogP contribution in [0, 0.1) is 20.8 Å². The molecular formula is C16H19N5O. The second-order valence-corrected chi connectivity index (χ2v) is 5.73. The van der Waals surface area contributed by atoms with E-state index in [2.05, 4.69) is 22.0 Å². The molecule has 114 valence electrons. The highest BCUT2D eigenvalue weighted by molar-refractivity contribution is 5.81. The Bertz CT molecular complexity index is 897. The van der Waals surface area contributed by atoms with E-state index in [1.165, 1.54) is 10.6 Å². The molecule has 0 unspecified atom stereocenters. The molecule has 0 spiro atoms. The molecule has 0 aliphatic rings. The third kappa shape index (κ3) is 2.16. The van der Waals surface area contributed by atoms with Gasteiger partial charge in [0.1, 0.15) is 5.82 Å². The molecule has 0 saturated carbocycles. The van der Waals surface area contributed by atoms with Crippen molar-refractivity contribution in [3.05, 3.63) is 45.6 Å². The number of rotatable bonds is 2. The van der Waals surface area contributed by atoms with Crippen molar-refractivity contribution < 1.29 is 0 Å².